The predicted octanol–water partition coefficient (Wildman–Crippen LogP) is 3.81. The number of carbonyl (C=O) groups is 2. The molecule has 4 rings (SSSR count). The molecule has 2 heterocycles. The van der Waals surface area contributed by atoms with E-state index < -0.39 is 12.0 Å². The minimum absolute atomic E-state index is 0.0144. The number of fused-ring (bicyclic) bond motifs is 1. The van der Waals surface area contributed by atoms with Crippen LogP contribution in [0.3, 0.4) is 0 Å². The van der Waals surface area contributed by atoms with Crippen molar-refractivity contribution < 1.29 is 14.7 Å². The highest BCUT2D eigenvalue weighted by atomic mass is 16.4. The minimum Gasteiger partial charge on any atom is -0.465 e. The number of rotatable bonds is 3. The van der Waals surface area contributed by atoms with Crippen LogP contribution in [-0.4, -0.2) is 40.0 Å². The molecule has 1 aromatic heterocycles. The van der Waals surface area contributed by atoms with Gasteiger partial charge in [-0.25, -0.2) is 4.79 Å². The largest absolute Gasteiger partial charge is 0.465 e. The number of nitrogens with zero attached hydrogens (tertiary/aromatic N) is 2. The molecule has 130 valence electrons. The Morgan fingerprint density at radius 1 is 1.00 bits per heavy atom. The zero-order chi connectivity index (χ0) is 18.1. The van der Waals surface area contributed by atoms with Crippen LogP contribution in [0.4, 0.5) is 4.79 Å². The molecule has 0 saturated carbocycles. The molecule has 1 fully saturated rings. The van der Waals surface area contributed by atoms with Crippen LogP contribution in [0.2, 0.25) is 0 Å². The second-order valence-electron chi connectivity index (χ2n) is 6.58. The molecule has 0 radical (unpaired) electrons. The zero-order valence-corrected chi connectivity index (χ0v) is 14.1. The van der Waals surface area contributed by atoms with Gasteiger partial charge in [0.25, 0.3) is 0 Å². The van der Waals surface area contributed by atoms with E-state index in [1.807, 2.05) is 54.6 Å². The van der Waals surface area contributed by atoms with Crippen LogP contribution >= 0.6 is 0 Å². The number of hydrogen-bond acceptors (Lipinski definition) is 3. The van der Waals surface area contributed by atoms with Crippen molar-refractivity contribution in [2.75, 3.05) is 13.1 Å². The fourth-order valence-electron chi connectivity index (χ4n) is 3.80. The van der Waals surface area contributed by atoms with Crippen molar-refractivity contribution >= 4 is 22.6 Å². The molecule has 3 aromatic rings. The summed E-state index contributed by atoms with van der Waals surface area (Å²) in [6.07, 6.45) is 2.42. The van der Waals surface area contributed by atoms with Gasteiger partial charge in [-0.05, 0) is 17.0 Å². The molecular formula is C21H18N2O3. The van der Waals surface area contributed by atoms with E-state index in [1.54, 1.807) is 12.4 Å². The van der Waals surface area contributed by atoms with Gasteiger partial charge < -0.3 is 10.0 Å². The van der Waals surface area contributed by atoms with Crippen molar-refractivity contribution in [3.05, 3.63) is 78.1 Å². The average Bonchev–Trinajstić information content (AvgIpc) is 3.13. The number of likely N-dealkylation sites (tertiary alicyclic amines) is 1. The van der Waals surface area contributed by atoms with Gasteiger partial charge in [-0.15, -0.1) is 0 Å². The Morgan fingerprint density at radius 3 is 2.58 bits per heavy atom. The van der Waals surface area contributed by atoms with Crippen LogP contribution in [-0.2, 0) is 0 Å². The van der Waals surface area contributed by atoms with Crippen LogP contribution in [0.25, 0.3) is 10.8 Å². The Hall–Kier alpha value is -3.21. The molecule has 5 nitrogen and oxygen atoms in total. The van der Waals surface area contributed by atoms with Crippen LogP contribution in [0, 0.1) is 5.92 Å². The summed E-state index contributed by atoms with van der Waals surface area (Å²) in [4.78, 5) is 30.3. The van der Waals surface area contributed by atoms with Gasteiger partial charge in [-0.3, -0.25) is 9.78 Å². The second-order valence-corrected chi connectivity index (χ2v) is 6.58. The molecule has 0 spiro atoms. The van der Waals surface area contributed by atoms with Gasteiger partial charge in [0.2, 0.25) is 0 Å². The van der Waals surface area contributed by atoms with Crippen molar-refractivity contribution in [3.8, 4) is 0 Å². The van der Waals surface area contributed by atoms with Crippen molar-refractivity contribution in [2.24, 2.45) is 5.92 Å². The molecule has 26 heavy (non-hydrogen) atoms. The van der Waals surface area contributed by atoms with Crippen molar-refractivity contribution in [1.29, 1.82) is 0 Å². The van der Waals surface area contributed by atoms with Gasteiger partial charge in [0, 0.05) is 48.3 Å². The van der Waals surface area contributed by atoms with E-state index in [9.17, 15) is 14.7 Å². The van der Waals surface area contributed by atoms with Gasteiger partial charge in [0.15, 0.2) is 5.78 Å². The molecule has 1 N–H and O–H groups in total. The molecule has 1 saturated heterocycles. The smallest absolute Gasteiger partial charge is 0.407 e. The Kier molecular flexibility index (Phi) is 4.13. The van der Waals surface area contributed by atoms with E-state index in [4.69, 9.17) is 0 Å². The average molecular weight is 346 g/mol. The van der Waals surface area contributed by atoms with Gasteiger partial charge in [-0.2, -0.15) is 0 Å². The van der Waals surface area contributed by atoms with Crippen LogP contribution in [0.15, 0.2) is 67.0 Å². The highest BCUT2D eigenvalue weighted by molar-refractivity contribution is 6.09. The maximum atomic E-state index is 13.4. The molecule has 1 aliphatic heterocycles. The molecule has 0 unspecified atom stereocenters. The minimum atomic E-state index is -0.983. The fraction of sp³-hybridized carbons (Fsp3) is 0.190. The summed E-state index contributed by atoms with van der Waals surface area (Å²) < 4.78 is 0. The number of hydrogen-bond donors (Lipinski definition) is 1. The highest BCUT2D eigenvalue weighted by Crippen LogP contribution is 2.36. The van der Waals surface area contributed by atoms with Crippen LogP contribution < -0.4 is 0 Å². The number of carbonyl (C=O) groups excluding carboxylic acids is 1. The summed E-state index contributed by atoms with van der Waals surface area (Å²) >= 11 is 0. The summed E-state index contributed by atoms with van der Waals surface area (Å²) in [5.41, 5.74) is 1.62. The number of amides is 1. The van der Waals surface area contributed by atoms with Gasteiger partial charge in [0.1, 0.15) is 0 Å². The van der Waals surface area contributed by atoms with Crippen molar-refractivity contribution in [2.45, 2.75) is 5.92 Å². The zero-order valence-electron chi connectivity index (χ0n) is 14.1. The topological polar surface area (TPSA) is 70.5 Å². The lowest BCUT2D eigenvalue weighted by Crippen LogP contribution is -2.28. The summed E-state index contributed by atoms with van der Waals surface area (Å²) in [6.45, 7) is 0.553. The SMILES string of the molecule is O=C(c1cccc2cnccc12)[C@H]1CN(C(=O)O)C[C@@H]1c1ccccc1. The van der Waals surface area contributed by atoms with E-state index in [0.29, 0.717) is 12.1 Å². The van der Waals surface area contributed by atoms with E-state index in [1.165, 1.54) is 4.90 Å². The summed E-state index contributed by atoms with van der Waals surface area (Å²) in [7, 11) is 0. The van der Waals surface area contributed by atoms with E-state index in [0.717, 1.165) is 16.3 Å². The lowest BCUT2D eigenvalue weighted by Gasteiger charge is -2.18. The quantitative estimate of drug-likeness (QED) is 0.732. The van der Waals surface area contributed by atoms with E-state index in [-0.39, 0.29) is 18.2 Å². The predicted molar refractivity (Wildman–Crippen MR) is 98.3 cm³/mol. The summed E-state index contributed by atoms with van der Waals surface area (Å²) in [5.74, 6) is -0.552. The van der Waals surface area contributed by atoms with E-state index >= 15 is 0 Å². The first kappa shape index (κ1) is 16.3. The lowest BCUT2D eigenvalue weighted by atomic mass is 9.83. The van der Waals surface area contributed by atoms with Crippen molar-refractivity contribution in [1.82, 2.24) is 9.88 Å². The summed E-state index contributed by atoms with van der Waals surface area (Å²) in [5, 5.41) is 11.2. The fourth-order valence-corrected chi connectivity index (χ4v) is 3.80. The maximum absolute atomic E-state index is 13.4. The third-order valence-electron chi connectivity index (χ3n) is 5.10. The molecule has 2 atom stereocenters. The second kappa shape index (κ2) is 6.59. The molecule has 0 bridgehead atoms. The molecular weight excluding hydrogens is 328 g/mol. The highest BCUT2D eigenvalue weighted by Gasteiger charge is 2.40. The van der Waals surface area contributed by atoms with Crippen LogP contribution in [0.1, 0.15) is 21.8 Å². The summed E-state index contributed by atoms with van der Waals surface area (Å²) in [6, 6.07) is 17.1. The first-order valence-electron chi connectivity index (χ1n) is 8.55. The third-order valence-corrected chi connectivity index (χ3v) is 5.10. The number of ketones is 1. The number of pyridine rings is 1. The van der Waals surface area contributed by atoms with Gasteiger partial charge >= 0.3 is 6.09 Å². The van der Waals surface area contributed by atoms with Crippen molar-refractivity contribution in [3.63, 3.8) is 0 Å². The lowest BCUT2D eigenvalue weighted by molar-refractivity contribution is 0.0915. The maximum Gasteiger partial charge on any atom is 0.407 e. The van der Waals surface area contributed by atoms with Gasteiger partial charge in [-0.1, -0.05) is 48.5 Å². The standard InChI is InChI=1S/C21H18N2O3/c24-20(17-8-4-7-15-11-22-10-9-16(15)17)19-13-23(21(25)26)12-18(19)14-5-2-1-3-6-14/h1-11,18-19H,12-13H2,(H,25,26)/t18-,19+/m1/s1. The Morgan fingerprint density at radius 2 is 1.81 bits per heavy atom. The Labute approximate surface area is 150 Å². The normalized spacial score (nSPS) is 19.6. The number of carboxylic acid groups (broad SMARTS) is 1. The number of aromatic nitrogens is 1. The van der Waals surface area contributed by atoms with Gasteiger partial charge in [0.05, 0.1) is 0 Å². The monoisotopic (exact) mass is 346 g/mol. The Bertz CT molecular complexity index is 966. The third kappa shape index (κ3) is 2.81. The molecule has 2 aromatic carbocycles. The Balaban J connectivity index is 1.75. The van der Waals surface area contributed by atoms with Crippen LogP contribution in [0.5, 0.6) is 0 Å². The molecule has 0 aliphatic carbocycles. The first-order valence-corrected chi connectivity index (χ1v) is 8.55. The molecule has 1 amide bonds. The molecule has 5 heteroatoms. The number of benzene rings is 2. The first-order chi connectivity index (χ1) is 12.6. The van der Waals surface area contributed by atoms with E-state index in [2.05, 4.69) is 4.98 Å². The number of Topliss-reactive ketones (excluding diaryl/α,β-unsaturated/α-hetero) is 1. The molecule has 1 aliphatic rings.